The Hall–Kier alpha value is -2.94. The summed E-state index contributed by atoms with van der Waals surface area (Å²) in [6.45, 7) is 25.1. The van der Waals surface area contributed by atoms with Crippen LogP contribution in [0.3, 0.4) is 0 Å². The number of phenolic OH excluding ortho intramolecular Hbond substituents is 3. The van der Waals surface area contributed by atoms with Gasteiger partial charge in [-0.3, -0.25) is 0 Å². The van der Waals surface area contributed by atoms with Gasteiger partial charge >= 0.3 is 0 Å². The average Bonchev–Trinajstić information content (AvgIpc) is 2.75. The van der Waals surface area contributed by atoms with Crippen LogP contribution in [0.1, 0.15) is 118 Å². The zero-order valence-electron chi connectivity index (χ0n) is 25.6. The molecule has 3 aromatic rings. The minimum absolute atomic E-state index is 0.176. The lowest BCUT2D eigenvalue weighted by Gasteiger charge is -2.28. The van der Waals surface area contributed by atoms with Crippen molar-refractivity contribution in [3.63, 3.8) is 0 Å². The Balaban J connectivity index is 2.07. The van der Waals surface area contributed by atoms with Crippen molar-refractivity contribution in [3.8, 4) is 17.2 Å². The van der Waals surface area contributed by atoms with Crippen molar-refractivity contribution in [1.82, 2.24) is 0 Å². The summed E-state index contributed by atoms with van der Waals surface area (Å²) in [6, 6.07) is 10.4. The molecule has 0 atom stereocenters. The maximum absolute atomic E-state index is 11.3. The van der Waals surface area contributed by atoms with Crippen molar-refractivity contribution < 1.29 is 15.3 Å². The maximum atomic E-state index is 11.3. The molecule has 0 bridgehead atoms. The van der Waals surface area contributed by atoms with Crippen molar-refractivity contribution in [1.29, 1.82) is 0 Å². The fourth-order valence-corrected chi connectivity index (χ4v) is 5.39. The number of hydrogen-bond acceptors (Lipinski definition) is 3. The largest absolute Gasteiger partial charge is 0.507 e. The molecule has 0 amide bonds. The van der Waals surface area contributed by atoms with Crippen molar-refractivity contribution >= 4 is 0 Å². The van der Waals surface area contributed by atoms with Gasteiger partial charge in [-0.15, -0.1) is 0 Å². The molecule has 0 fully saturated rings. The van der Waals surface area contributed by atoms with Gasteiger partial charge < -0.3 is 15.3 Å². The molecule has 206 valence electrons. The van der Waals surface area contributed by atoms with Crippen LogP contribution < -0.4 is 0 Å². The summed E-state index contributed by atoms with van der Waals surface area (Å²) in [7, 11) is 0. The highest BCUT2D eigenvalue weighted by molar-refractivity contribution is 5.55. The smallest absolute Gasteiger partial charge is 0.123 e. The van der Waals surface area contributed by atoms with Gasteiger partial charge in [0, 0.05) is 6.42 Å². The molecule has 0 aliphatic carbocycles. The lowest BCUT2D eigenvalue weighted by molar-refractivity contribution is 0.422. The van der Waals surface area contributed by atoms with Crippen molar-refractivity contribution in [2.24, 2.45) is 0 Å². The Labute approximate surface area is 230 Å². The Morgan fingerprint density at radius 2 is 0.921 bits per heavy atom. The van der Waals surface area contributed by atoms with Crippen LogP contribution in [0.5, 0.6) is 17.2 Å². The Kier molecular flexibility index (Phi) is 7.78. The average molecular weight is 517 g/mol. The van der Waals surface area contributed by atoms with Crippen molar-refractivity contribution in [2.75, 3.05) is 0 Å². The molecule has 0 spiro atoms. The summed E-state index contributed by atoms with van der Waals surface area (Å²) in [6.07, 6.45) is 1.28. The Morgan fingerprint density at radius 1 is 0.500 bits per heavy atom. The van der Waals surface area contributed by atoms with Gasteiger partial charge in [-0.1, -0.05) is 92.6 Å². The minimum atomic E-state index is -0.190. The van der Waals surface area contributed by atoms with Gasteiger partial charge in [-0.2, -0.15) is 0 Å². The van der Waals surface area contributed by atoms with E-state index in [2.05, 4.69) is 93.5 Å². The van der Waals surface area contributed by atoms with Gasteiger partial charge in [0.1, 0.15) is 17.2 Å². The monoisotopic (exact) mass is 516 g/mol. The van der Waals surface area contributed by atoms with E-state index in [0.29, 0.717) is 30.1 Å². The molecule has 3 N–H and O–H groups in total. The second-order valence-electron chi connectivity index (χ2n) is 14.3. The van der Waals surface area contributed by atoms with E-state index in [1.54, 1.807) is 0 Å². The predicted molar refractivity (Wildman–Crippen MR) is 160 cm³/mol. The zero-order chi connectivity index (χ0) is 29.0. The summed E-state index contributed by atoms with van der Waals surface area (Å²) in [5.41, 5.74) is 9.40. The molecule has 3 nitrogen and oxygen atoms in total. The summed E-state index contributed by atoms with van der Waals surface area (Å²) >= 11 is 0. The molecular formula is C35H48O3. The summed E-state index contributed by atoms with van der Waals surface area (Å²) in [5.74, 6) is 1.07. The van der Waals surface area contributed by atoms with E-state index in [0.717, 1.165) is 55.6 Å². The fourth-order valence-electron chi connectivity index (χ4n) is 5.39. The molecule has 0 saturated heterocycles. The Bertz CT molecular complexity index is 1320. The van der Waals surface area contributed by atoms with E-state index in [-0.39, 0.29) is 16.2 Å². The first-order valence-electron chi connectivity index (χ1n) is 13.7. The third-order valence-corrected chi connectivity index (χ3v) is 7.71. The van der Waals surface area contributed by atoms with Crippen LogP contribution in [0.2, 0.25) is 0 Å². The van der Waals surface area contributed by atoms with E-state index in [1.807, 2.05) is 19.9 Å². The third kappa shape index (κ3) is 6.03. The quantitative estimate of drug-likeness (QED) is 0.325. The van der Waals surface area contributed by atoms with E-state index >= 15 is 0 Å². The molecular weight excluding hydrogens is 468 g/mol. The first-order valence-corrected chi connectivity index (χ1v) is 13.7. The molecule has 0 aromatic heterocycles. The molecule has 0 heterocycles. The summed E-state index contributed by atoms with van der Waals surface area (Å²) in [5, 5.41) is 33.1. The van der Waals surface area contributed by atoms with Crippen LogP contribution in [0, 0.1) is 20.8 Å². The lowest BCUT2D eigenvalue weighted by Crippen LogP contribution is -2.18. The first-order chi connectivity index (χ1) is 17.2. The van der Waals surface area contributed by atoms with Crippen LogP contribution in [0.25, 0.3) is 0 Å². The van der Waals surface area contributed by atoms with Crippen LogP contribution >= 0.6 is 0 Å². The molecule has 3 rings (SSSR count). The molecule has 3 heteroatoms. The number of aromatic hydroxyl groups is 3. The number of benzene rings is 3. The minimum Gasteiger partial charge on any atom is -0.507 e. The highest BCUT2D eigenvalue weighted by Gasteiger charge is 2.27. The third-order valence-electron chi connectivity index (χ3n) is 7.71. The van der Waals surface area contributed by atoms with Gasteiger partial charge in [-0.05, 0) is 99.1 Å². The highest BCUT2D eigenvalue weighted by atomic mass is 16.3. The molecule has 0 aliphatic rings. The second-order valence-corrected chi connectivity index (χ2v) is 14.3. The highest BCUT2D eigenvalue weighted by Crippen LogP contribution is 2.41. The number of aryl methyl sites for hydroxylation is 2. The fraction of sp³-hybridized carbons (Fsp3) is 0.486. The molecule has 0 saturated carbocycles. The number of rotatable bonds is 4. The number of hydrogen-bond donors (Lipinski definition) is 3. The number of phenols is 3. The predicted octanol–water partition coefficient (Wildman–Crippen LogP) is 8.80. The van der Waals surface area contributed by atoms with Crippen molar-refractivity contribution in [3.05, 3.63) is 86.0 Å². The van der Waals surface area contributed by atoms with Crippen molar-refractivity contribution in [2.45, 2.75) is 112 Å². The molecule has 0 radical (unpaired) electrons. The van der Waals surface area contributed by atoms with Crippen LogP contribution in [-0.4, -0.2) is 15.3 Å². The normalized spacial score (nSPS) is 12.7. The van der Waals surface area contributed by atoms with E-state index < -0.39 is 0 Å². The van der Waals surface area contributed by atoms with E-state index in [1.165, 1.54) is 0 Å². The van der Waals surface area contributed by atoms with Gasteiger partial charge in [-0.25, -0.2) is 0 Å². The summed E-state index contributed by atoms with van der Waals surface area (Å²) < 4.78 is 0. The zero-order valence-corrected chi connectivity index (χ0v) is 25.6. The molecule has 0 aliphatic heterocycles. The summed E-state index contributed by atoms with van der Waals surface area (Å²) in [4.78, 5) is 0. The standard InChI is InChI=1S/C35H48O3/c1-20-14-25(15-23-13-21(2)30(36)27(17-23)33(4,5)6)31(37)22(3)26(20)16-24-18-28(34(7,8)9)32(38)29(19-24)35(10,11)12/h13-14,17-19,36-38H,15-16H2,1-12H3. The van der Waals surface area contributed by atoms with Gasteiger partial charge in [0.25, 0.3) is 0 Å². The lowest BCUT2D eigenvalue weighted by atomic mass is 9.77. The topological polar surface area (TPSA) is 60.7 Å². The maximum Gasteiger partial charge on any atom is 0.123 e. The van der Waals surface area contributed by atoms with Gasteiger partial charge in [0.05, 0.1) is 0 Å². The van der Waals surface area contributed by atoms with E-state index in [9.17, 15) is 15.3 Å². The molecule has 38 heavy (non-hydrogen) atoms. The molecule has 3 aromatic carbocycles. The van der Waals surface area contributed by atoms with E-state index in [4.69, 9.17) is 0 Å². The van der Waals surface area contributed by atoms with Crippen LogP contribution in [0.15, 0.2) is 30.3 Å². The first kappa shape index (κ1) is 29.6. The van der Waals surface area contributed by atoms with Crippen LogP contribution in [0.4, 0.5) is 0 Å². The van der Waals surface area contributed by atoms with Crippen LogP contribution in [-0.2, 0) is 29.1 Å². The second kappa shape index (κ2) is 9.98. The molecule has 0 unspecified atom stereocenters. The van der Waals surface area contributed by atoms with Gasteiger partial charge in [0.2, 0.25) is 0 Å². The Morgan fingerprint density at radius 3 is 1.37 bits per heavy atom. The van der Waals surface area contributed by atoms with Gasteiger partial charge in [0.15, 0.2) is 0 Å². The SMILES string of the molecule is Cc1cc(Cc2cc(C)c(Cc3cc(C(C)(C)C)c(O)c(C(C)(C)C)c3)c(C)c2O)cc(C(C)(C)C)c1O.